The van der Waals surface area contributed by atoms with E-state index in [1.165, 1.54) is 16.7 Å². The predicted molar refractivity (Wildman–Crippen MR) is 72.0 cm³/mol. The van der Waals surface area contributed by atoms with E-state index in [0.29, 0.717) is 17.9 Å². The molecule has 0 unspecified atom stereocenters. The molecule has 0 N–H and O–H groups in total. The fourth-order valence-corrected chi connectivity index (χ4v) is 2.85. The molecule has 1 heterocycles. The Kier molecular flexibility index (Phi) is 3.91. The molecule has 96 valence electrons. The Bertz CT molecular complexity index is 458. The molecule has 1 atom stereocenters. The molecule has 1 fully saturated rings. The maximum absolute atomic E-state index is 12.1. The number of thioether (sulfide) groups is 1. The molecular formula is C13H15NO3S. The van der Waals surface area contributed by atoms with Gasteiger partial charge >= 0.3 is 0 Å². The first kappa shape index (κ1) is 13.0. The number of rotatable bonds is 4. The summed E-state index contributed by atoms with van der Waals surface area (Å²) < 4.78 is 5.05. The van der Waals surface area contributed by atoms with Gasteiger partial charge in [-0.3, -0.25) is 9.59 Å². The van der Waals surface area contributed by atoms with E-state index in [-0.39, 0.29) is 17.1 Å². The second-order valence-electron chi connectivity index (χ2n) is 3.91. The van der Waals surface area contributed by atoms with E-state index >= 15 is 0 Å². The van der Waals surface area contributed by atoms with Gasteiger partial charge in [0.1, 0.15) is 5.75 Å². The monoisotopic (exact) mass is 265 g/mol. The molecule has 1 aliphatic rings. The van der Waals surface area contributed by atoms with Gasteiger partial charge in [-0.15, -0.1) is 11.8 Å². The van der Waals surface area contributed by atoms with E-state index in [1.807, 2.05) is 6.92 Å². The Hall–Kier alpha value is -1.49. The third-order valence-corrected chi connectivity index (χ3v) is 3.91. The second-order valence-corrected chi connectivity index (χ2v) is 5.39. The van der Waals surface area contributed by atoms with Crippen LogP contribution in [0, 0.1) is 0 Å². The van der Waals surface area contributed by atoms with Crippen LogP contribution in [0.2, 0.25) is 0 Å². The van der Waals surface area contributed by atoms with Crippen LogP contribution in [0.15, 0.2) is 24.3 Å². The summed E-state index contributed by atoms with van der Waals surface area (Å²) in [4.78, 5) is 25.3. The number of benzene rings is 1. The number of ether oxygens (including phenoxy) is 1. The number of imide groups is 1. The van der Waals surface area contributed by atoms with E-state index in [4.69, 9.17) is 4.74 Å². The van der Waals surface area contributed by atoms with Crippen molar-refractivity contribution in [2.24, 2.45) is 0 Å². The molecule has 1 aliphatic heterocycles. The maximum Gasteiger partial charge on any atom is 0.247 e. The number of carbonyl (C=O) groups excluding carboxylic acids is 2. The van der Waals surface area contributed by atoms with Crippen molar-refractivity contribution in [1.29, 1.82) is 0 Å². The lowest BCUT2D eigenvalue weighted by Crippen LogP contribution is -2.31. The highest BCUT2D eigenvalue weighted by atomic mass is 32.2. The molecule has 0 radical (unpaired) electrons. The highest BCUT2D eigenvalue weighted by molar-refractivity contribution is 8.00. The van der Waals surface area contributed by atoms with Crippen LogP contribution in [-0.4, -0.2) is 29.9 Å². The second kappa shape index (κ2) is 5.44. The fourth-order valence-electron chi connectivity index (χ4n) is 1.94. The third-order valence-electron chi connectivity index (χ3n) is 2.80. The van der Waals surface area contributed by atoms with Gasteiger partial charge < -0.3 is 4.74 Å². The normalized spacial score (nSPS) is 19.4. The summed E-state index contributed by atoms with van der Waals surface area (Å²) in [7, 11) is 1.58. The van der Waals surface area contributed by atoms with Crippen LogP contribution >= 0.6 is 11.8 Å². The lowest BCUT2D eigenvalue weighted by molar-refractivity contribution is -0.121. The molecule has 0 aromatic heterocycles. The fraction of sp³-hybridized carbons (Fsp3) is 0.385. The number of methoxy groups -OCH3 is 1. The summed E-state index contributed by atoms with van der Waals surface area (Å²) in [5.74, 6) is 1.30. The molecule has 1 aromatic carbocycles. The van der Waals surface area contributed by atoms with Gasteiger partial charge in [0.2, 0.25) is 11.8 Å². The minimum Gasteiger partial charge on any atom is -0.497 e. The summed E-state index contributed by atoms with van der Waals surface area (Å²) in [6.07, 6.45) is 0.295. The topological polar surface area (TPSA) is 46.6 Å². The van der Waals surface area contributed by atoms with Gasteiger partial charge in [-0.2, -0.15) is 0 Å². The Morgan fingerprint density at radius 1 is 1.33 bits per heavy atom. The molecule has 0 bridgehead atoms. The van der Waals surface area contributed by atoms with E-state index in [1.54, 1.807) is 31.4 Å². The molecule has 5 heteroatoms. The highest BCUT2D eigenvalue weighted by Crippen LogP contribution is 2.30. The standard InChI is InChI=1S/C13H15NO3S/c1-3-18-11-8-12(15)14(13(11)16)9-4-6-10(17-2)7-5-9/h4-7,11H,3,8H2,1-2H3/t11-/m0/s1. The van der Waals surface area contributed by atoms with Crippen molar-refractivity contribution in [2.45, 2.75) is 18.6 Å². The summed E-state index contributed by atoms with van der Waals surface area (Å²) in [5, 5.41) is -0.232. The van der Waals surface area contributed by atoms with Gasteiger partial charge in [-0.1, -0.05) is 6.92 Å². The van der Waals surface area contributed by atoms with Crippen molar-refractivity contribution < 1.29 is 14.3 Å². The SMILES string of the molecule is CCS[C@H]1CC(=O)N(c2ccc(OC)cc2)C1=O. The average molecular weight is 265 g/mol. The Labute approximate surface area is 110 Å². The van der Waals surface area contributed by atoms with Crippen molar-refractivity contribution in [2.75, 3.05) is 17.8 Å². The average Bonchev–Trinajstić information content (AvgIpc) is 2.65. The van der Waals surface area contributed by atoms with Crippen LogP contribution in [0.4, 0.5) is 5.69 Å². The van der Waals surface area contributed by atoms with E-state index in [2.05, 4.69) is 0 Å². The minimum absolute atomic E-state index is 0.114. The number of hydrogen-bond acceptors (Lipinski definition) is 4. The molecule has 18 heavy (non-hydrogen) atoms. The van der Waals surface area contributed by atoms with Gasteiger partial charge in [-0.05, 0) is 30.0 Å². The summed E-state index contributed by atoms with van der Waals surface area (Å²) >= 11 is 1.52. The van der Waals surface area contributed by atoms with Gasteiger partial charge in [-0.25, -0.2) is 4.90 Å². The number of nitrogens with zero attached hydrogens (tertiary/aromatic N) is 1. The van der Waals surface area contributed by atoms with Crippen LogP contribution < -0.4 is 9.64 Å². The van der Waals surface area contributed by atoms with Crippen molar-refractivity contribution in [3.05, 3.63) is 24.3 Å². The third kappa shape index (κ3) is 2.36. The van der Waals surface area contributed by atoms with E-state index < -0.39 is 0 Å². The first-order chi connectivity index (χ1) is 8.67. The molecule has 2 amide bonds. The zero-order chi connectivity index (χ0) is 13.1. The number of anilines is 1. The molecule has 0 aliphatic carbocycles. The van der Waals surface area contributed by atoms with Crippen molar-refractivity contribution in [3.63, 3.8) is 0 Å². The number of carbonyl (C=O) groups is 2. The number of amides is 2. The van der Waals surface area contributed by atoms with Crippen LogP contribution in [0.1, 0.15) is 13.3 Å². The van der Waals surface area contributed by atoms with Crippen LogP contribution in [0.25, 0.3) is 0 Å². The van der Waals surface area contributed by atoms with Crippen LogP contribution in [0.5, 0.6) is 5.75 Å². The number of hydrogen-bond donors (Lipinski definition) is 0. The van der Waals surface area contributed by atoms with Gasteiger partial charge in [0.15, 0.2) is 0 Å². The van der Waals surface area contributed by atoms with Crippen LogP contribution in [-0.2, 0) is 9.59 Å². The first-order valence-corrected chi connectivity index (χ1v) is 6.84. The smallest absolute Gasteiger partial charge is 0.247 e. The molecule has 0 saturated carbocycles. The quantitative estimate of drug-likeness (QED) is 0.782. The molecule has 1 aromatic rings. The van der Waals surface area contributed by atoms with Crippen molar-refractivity contribution in [3.8, 4) is 5.75 Å². The molecule has 4 nitrogen and oxygen atoms in total. The molecule has 2 rings (SSSR count). The van der Waals surface area contributed by atoms with E-state index in [9.17, 15) is 9.59 Å². The lowest BCUT2D eigenvalue weighted by Gasteiger charge is -2.15. The van der Waals surface area contributed by atoms with Crippen LogP contribution in [0.3, 0.4) is 0 Å². The van der Waals surface area contributed by atoms with E-state index in [0.717, 1.165) is 5.75 Å². The molecule has 1 saturated heterocycles. The molecule has 0 spiro atoms. The van der Waals surface area contributed by atoms with Crippen molar-refractivity contribution >= 4 is 29.3 Å². The highest BCUT2D eigenvalue weighted by Gasteiger charge is 2.39. The lowest BCUT2D eigenvalue weighted by atomic mass is 10.3. The van der Waals surface area contributed by atoms with Gasteiger partial charge in [0, 0.05) is 6.42 Å². The first-order valence-electron chi connectivity index (χ1n) is 5.79. The summed E-state index contributed by atoms with van der Waals surface area (Å²) in [5.41, 5.74) is 0.616. The molecular weight excluding hydrogens is 250 g/mol. The zero-order valence-electron chi connectivity index (χ0n) is 10.4. The summed E-state index contributed by atoms with van der Waals surface area (Å²) in [6, 6.07) is 6.95. The minimum atomic E-state index is -0.232. The van der Waals surface area contributed by atoms with Crippen molar-refractivity contribution in [1.82, 2.24) is 0 Å². The predicted octanol–water partition coefficient (Wildman–Crippen LogP) is 2.08. The largest absolute Gasteiger partial charge is 0.497 e. The Morgan fingerprint density at radius 3 is 2.56 bits per heavy atom. The van der Waals surface area contributed by atoms with Gasteiger partial charge in [0.25, 0.3) is 0 Å². The summed E-state index contributed by atoms with van der Waals surface area (Å²) in [6.45, 7) is 1.98. The van der Waals surface area contributed by atoms with Gasteiger partial charge in [0.05, 0.1) is 18.0 Å². The maximum atomic E-state index is 12.1. The Balaban J connectivity index is 2.21. The zero-order valence-corrected chi connectivity index (χ0v) is 11.2. The Morgan fingerprint density at radius 2 is 2.00 bits per heavy atom.